The van der Waals surface area contributed by atoms with Crippen molar-refractivity contribution in [2.24, 2.45) is 14.1 Å². The molecule has 2 N–H and O–H groups in total. The Balaban J connectivity index is 1.66. The third kappa shape index (κ3) is 4.43. The number of aryl methyl sites for hydroxylation is 2. The Morgan fingerprint density at radius 3 is 2.66 bits per heavy atom. The lowest BCUT2D eigenvalue weighted by molar-refractivity contribution is 0.0937. The maximum Gasteiger partial charge on any atom is 0.332 e. The molecular weight excluding hydrogens is 410 g/mol. The minimum atomic E-state index is -0.873. The Hall–Kier alpha value is -3.07. The first-order valence-corrected chi connectivity index (χ1v) is 11.2. The molecule has 0 unspecified atom stereocenters. The quantitative estimate of drug-likeness (QED) is 0.581. The van der Waals surface area contributed by atoms with Crippen LogP contribution in [0.25, 0.3) is 11.2 Å². The predicted octanol–water partition coefficient (Wildman–Crippen LogP) is 1.93. The number of benzene rings is 1. The molecular formula is C23H31N5O4. The van der Waals surface area contributed by atoms with E-state index < -0.39 is 17.4 Å². The molecule has 1 aromatic carbocycles. The average molecular weight is 442 g/mol. The molecule has 4 rings (SSSR count). The van der Waals surface area contributed by atoms with Crippen molar-refractivity contribution in [1.29, 1.82) is 0 Å². The van der Waals surface area contributed by atoms with Gasteiger partial charge in [-0.1, -0.05) is 31.4 Å². The lowest BCUT2D eigenvalue weighted by Crippen LogP contribution is -2.38. The van der Waals surface area contributed by atoms with E-state index in [1.54, 1.807) is 11.6 Å². The smallest absolute Gasteiger partial charge is 0.332 e. The molecule has 0 amide bonds. The van der Waals surface area contributed by atoms with Crippen molar-refractivity contribution in [2.75, 3.05) is 11.9 Å². The van der Waals surface area contributed by atoms with Crippen molar-refractivity contribution in [3.63, 3.8) is 0 Å². The minimum Gasteiger partial charge on any atom is -0.491 e. The van der Waals surface area contributed by atoms with Gasteiger partial charge < -0.3 is 19.7 Å². The van der Waals surface area contributed by atoms with Crippen molar-refractivity contribution in [3.8, 4) is 5.75 Å². The maximum atomic E-state index is 13.0. The Morgan fingerprint density at radius 1 is 1.19 bits per heavy atom. The molecule has 0 bridgehead atoms. The largest absolute Gasteiger partial charge is 0.491 e. The Bertz CT molecular complexity index is 1220. The highest BCUT2D eigenvalue weighted by Crippen LogP contribution is 2.23. The number of rotatable bonds is 7. The maximum absolute atomic E-state index is 13.0. The first-order chi connectivity index (χ1) is 15.3. The lowest BCUT2D eigenvalue weighted by Gasteiger charge is -2.24. The van der Waals surface area contributed by atoms with E-state index in [1.807, 2.05) is 31.2 Å². The first kappa shape index (κ1) is 22.1. The molecule has 1 saturated carbocycles. The standard InChI is InChI=1S/C23H31N5O4/c1-15-8-7-11-18(12-15)32-14-17(29)13-28-19-20(26(2)23(31)27(3)21(19)30)25-22(28)24-16-9-5-4-6-10-16/h7-8,11-12,16-17,29H,4-6,9-10,13-14H2,1-3H3,(H,24,25)/t17-/m1/s1. The van der Waals surface area contributed by atoms with E-state index in [9.17, 15) is 14.7 Å². The highest BCUT2D eigenvalue weighted by atomic mass is 16.5. The van der Waals surface area contributed by atoms with Crippen LogP contribution in [-0.2, 0) is 20.6 Å². The number of fused-ring (bicyclic) bond motifs is 1. The van der Waals surface area contributed by atoms with Crippen LogP contribution in [0, 0.1) is 6.92 Å². The number of imidazole rings is 1. The van der Waals surface area contributed by atoms with Gasteiger partial charge in [-0.05, 0) is 37.5 Å². The number of hydrogen-bond donors (Lipinski definition) is 2. The van der Waals surface area contributed by atoms with Crippen LogP contribution in [-0.4, -0.2) is 42.5 Å². The lowest BCUT2D eigenvalue weighted by atomic mass is 9.96. The van der Waals surface area contributed by atoms with Crippen LogP contribution >= 0.6 is 0 Å². The van der Waals surface area contributed by atoms with E-state index in [2.05, 4.69) is 10.3 Å². The van der Waals surface area contributed by atoms with Crippen LogP contribution < -0.4 is 21.3 Å². The molecule has 0 saturated heterocycles. The van der Waals surface area contributed by atoms with Gasteiger partial charge in [0.05, 0.1) is 6.54 Å². The molecule has 172 valence electrons. The molecule has 0 spiro atoms. The molecule has 0 aliphatic heterocycles. The molecule has 3 aromatic rings. The van der Waals surface area contributed by atoms with Crippen LogP contribution in [0.2, 0.25) is 0 Å². The molecule has 32 heavy (non-hydrogen) atoms. The highest BCUT2D eigenvalue weighted by Gasteiger charge is 2.23. The number of anilines is 1. The van der Waals surface area contributed by atoms with Crippen molar-refractivity contribution < 1.29 is 9.84 Å². The minimum absolute atomic E-state index is 0.0675. The van der Waals surface area contributed by atoms with Gasteiger partial charge in [-0.3, -0.25) is 13.9 Å². The van der Waals surface area contributed by atoms with Gasteiger partial charge in [-0.25, -0.2) is 4.79 Å². The molecule has 2 aromatic heterocycles. The summed E-state index contributed by atoms with van der Waals surface area (Å²) < 4.78 is 9.88. The molecule has 1 aliphatic carbocycles. The number of nitrogens with zero attached hydrogens (tertiary/aromatic N) is 4. The first-order valence-electron chi connectivity index (χ1n) is 11.2. The van der Waals surface area contributed by atoms with Gasteiger partial charge in [-0.2, -0.15) is 4.98 Å². The number of aliphatic hydroxyl groups excluding tert-OH is 1. The molecule has 2 heterocycles. The molecule has 1 fully saturated rings. The van der Waals surface area contributed by atoms with Crippen molar-refractivity contribution >= 4 is 17.1 Å². The van der Waals surface area contributed by atoms with E-state index in [1.165, 1.54) is 18.0 Å². The van der Waals surface area contributed by atoms with Crippen molar-refractivity contribution in [1.82, 2.24) is 18.7 Å². The fourth-order valence-corrected chi connectivity index (χ4v) is 4.32. The van der Waals surface area contributed by atoms with E-state index in [0.717, 1.165) is 35.8 Å². The fraction of sp³-hybridized carbons (Fsp3) is 0.522. The number of nitrogens with one attached hydrogen (secondary N) is 1. The van der Waals surface area contributed by atoms with Crippen molar-refractivity contribution in [2.45, 2.75) is 57.7 Å². The SMILES string of the molecule is Cc1cccc(OC[C@H](O)Cn2c(NC3CCCCC3)nc3c2c(=O)n(C)c(=O)n3C)c1. The fourth-order valence-electron chi connectivity index (χ4n) is 4.32. The molecule has 1 aliphatic rings. The highest BCUT2D eigenvalue weighted by molar-refractivity contribution is 5.74. The second-order valence-electron chi connectivity index (χ2n) is 8.68. The zero-order valence-electron chi connectivity index (χ0n) is 18.9. The number of ether oxygens (including phenoxy) is 1. The van der Waals surface area contributed by atoms with E-state index >= 15 is 0 Å². The zero-order valence-corrected chi connectivity index (χ0v) is 18.9. The summed E-state index contributed by atoms with van der Waals surface area (Å²) in [6.45, 7) is 2.16. The zero-order chi connectivity index (χ0) is 22.8. The summed E-state index contributed by atoms with van der Waals surface area (Å²) in [7, 11) is 3.05. The van der Waals surface area contributed by atoms with Crippen LogP contribution in [0.4, 0.5) is 5.95 Å². The molecule has 1 atom stereocenters. The normalized spacial score (nSPS) is 15.8. The molecule has 0 radical (unpaired) electrons. The number of hydrogen-bond acceptors (Lipinski definition) is 6. The summed E-state index contributed by atoms with van der Waals surface area (Å²) in [5.41, 5.74) is 0.811. The number of aliphatic hydroxyl groups is 1. The van der Waals surface area contributed by atoms with Gasteiger partial charge in [0.2, 0.25) is 5.95 Å². The van der Waals surface area contributed by atoms with Gasteiger partial charge in [0, 0.05) is 20.1 Å². The second kappa shape index (κ2) is 9.20. The van der Waals surface area contributed by atoms with E-state index in [-0.39, 0.29) is 19.2 Å². The summed E-state index contributed by atoms with van der Waals surface area (Å²) in [6, 6.07) is 7.87. The summed E-state index contributed by atoms with van der Waals surface area (Å²) >= 11 is 0. The molecule has 9 heteroatoms. The van der Waals surface area contributed by atoms with Crippen LogP contribution in [0.5, 0.6) is 5.75 Å². The van der Waals surface area contributed by atoms with Gasteiger partial charge in [0.1, 0.15) is 18.5 Å². The van der Waals surface area contributed by atoms with Gasteiger partial charge in [0.25, 0.3) is 5.56 Å². The van der Waals surface area contributed by atoms with Gasteiger partial charge in [-0.15, -0.1) is 0 Å². The summed E-state index contributed by atoms with van der Waals surface area (Å²) in [5.74, 6) is 1.18. The van der Waals surface area contributed by atoms with Gasteiger partial charge >= 0.3 is 5.69 Å². The third-order valence-corrected chi connectivity index (χ3v) is 6.11. The van der Waals surface area contributed by atoms with E-state index in [0.29, 0.717) is 22.9 Å². The average Bonchev–Trinajstić information content (AvgIpc) is 3.13. The summed E-state index contributed by atoms with van der Waals surface area (Å²) in [6.07, 6.45) is 4.69. The predicted molar refractivity (Wildman–Crippen MR) is 123 cm³/mol. The summed E-state index contributed by atoms with van der Waals surface area (Å²) in [5, 5.41) is 14.2. The Kier molecular flexibility index (Phi) is 6.36. The Morgan fingerprint density at radius 2 is 1.94 bits per heavy atom. The second-order valence-corrected chi connectivity index (χ2v) is 8.68. The van der Waals surface area contributed by atoms with E-state index in [4.69, 9.17) is 4.74 Å². The number of aromatic nitrogens is 4. The summed E-state index contributed by atoms with van der Waals surface area (Å²) in [4.78, 5) is 30.0. The van der Waals surface area contributed by atoms with Crippen LogP contribution in [0.1, 0.15) is 37.7 Å². The Labute approximate surface area is 186 Å². The van der Waals surface area contributed by atoms with Crippen LogP contribution in [0.15, 0.2) is 33.9 Å². The van der Waals surface area contributed by atoms with Crippen molar-refractivity contribution in [3.05, 3.63) is 50.7 Å². The monoisotopic (exact) mass is 441 g/mol. The van der Waals surface area contributed by atoms with Gasteiger partial charge in [0.15, 0.2) is 11.2 Å². The van der Waals surface area contributed by atoms with Crippen LogP contribution in [0.3, 0.4) is 0 Å². The molecule has 9 nitrogen and oxygen atoms in total. The topological polar surface area (TPSA) is 103 Å². The third-order valence-electron chi connectivity index (χ3n) is 6.11.